The van der Waals surface area contributed by atoms with Crippen molar-refractivity contribution in [2.24, 2.45) is 0 Å². The molecule has 0 amide bonds. The van der Waals surface area contributed by atoms with Gasteiger partial charge in [-0.05, 0) is 48.6 Å². The lowest BCUT2D eigenvalue weighted by Crippen LogP contribution is -2.24. The maximum atomic E-state index is 4.37. The van der Waals surface area contributed by atoms with E-state index < -0.39 is 0 Å². The van der Waals surface area contributed by atoms with Crippen LogP contribution < -0.4 is 5.32 Å². The van der Waals surface area contributed by atoms with Crippen LogP contribution >= 0.6 is 0 Å². The van der Waals surface area contributed by atoms with Gasteiger partial charge in [0.15, 0.2) is 0 Å². The minimum atomic E-state index is 0.400. The minimum Gasteiger partial charge on any atom is -0.357 e. The molecule has 1 aromatic carbocycles. The lowest BCUT2D eigenvalue weighted by atomic mass is 9.91. The summed E-state index contributed by atoms with van der Waals surface area (Å²) in [7, 11) is 0. The second-order valence-electron chi connectivity index (χ2n) is 6.62. The number of nitrogens with one attached hydrogen (secondary N) is 2. The quantitative estimate of drug-likeness (QED) is 0.600. The van der Waals surface area contributed by atoms with Gasteiger partial charge in [0.2, 0.25) is 0 Å². The maximum absolute atomic E-state index is 4.37. The molecule has 1 aliphatic carbocycles. The van der Waals surface area contributed by atoms with E-state index in [0.29, 0.717) is 6.04 Å². The van der Waals surface area contributed by atoms with Crippen LogP contribution in [0.4, 0.5) is 0 Å². The summed E-state index contributed by atoms with van der Waals surface area (Å²) in [5.41, 5.74) is 6.42. The molecule has 4 aromatic rings. The lowest BCUT2D eigenvalue weighted by molar-refractivity contribution is 0.452. The van der Waals surface area contributed by atoms with Gasteiger partial charge in [0.05, 0.1) is 0 Å². The summed E-state index contributed by atoms with van der Waals surface area (Å²) in [4.78, 5) is 8.02. The smallest absolute Gasteiger partial charge is 0.136 e. The first kappa shape index (κ1) is 13.8. The summed E-state index contributed by atoms with van der Waals surface area (Å²) in [6.45, 7) is 0.864. The Hall–Kier alpha value is -2.59. The standard InChI is InChI=1S/C20H20N4/c1-2-6-17-15(4-1)16-5-3-7-18(20(16)23-17)22-13-14-8-10-24-11-9-21-19(24)12-14/h1-2,4,6,8-12,18,22-23H,3,5,7,13H2. The number of nitrogens with zero attached hydrogens (tertiary/aromatic N) is 2. The molecule has 0 radical (unpaired) electrons. The second kappa shape index (κ2) is 5.49. The number of imidazole rings is 1. The Morgan fingerprint density at radius 2 is 2.17 bits per heavy atom. The summed E-state index contributed by atoms with van der Waals surface area (Å²) < 4.78 is 2.04. The summed E-state index contributed by atoms with van der Waals surface area (Å²) >= 11 is 0. The molecule has 0 aliphatic heterocycles. The van der Waals surface area contributed by atoms with Crippen LogP contribution in [0.25, 0.3) is 16.6 Å². The molecule has 0 fully saturated rings. The highest BCUT2D eigenvalue weighted by atomic mass is 15.0. The summed E-state index contributed by atoms with van der Waals surface area (Å²) in [6, 6.07) is 13.4. The van der Waals surface area contributed by atoms with Gasteiger partial charge in [-0.2, -0.15) is 0 Å². The number of aryl methyl sites for hydroxylation is 1. The van der Waals surface area contributed by atoms with Crippen molar-refractivity contribution in [3.05, 3.63) is 71.8 Å². The first-order valence-electron chi connectivity index (χ1n) is 8.63. The van der Waals surface area contributed by atoms with Gasteiger partial charge < -0.3 is 14.7 Å². The number of para-hydroxylation sites is 1. The van der Waals surface area contributed by atoms with E-state index in [4.69, 9.17) is 0 Å². The molecule has 4 nitrogen and oxygen atoms in total. The number of aromatic nitrogens is 3. The van der Waals surface area contributed by atoms with Crippen molar-refractivity contribution < 1.29 is 0 Å². The third kappa shape index (κ3) is 2.22. The molecular weight excluding hydrogens is 296 g/mol. The van der Waals surface area contributed by atoms with Crippen LogP contribution in [-0.2, 0) is 13.0 Å². The van der Waals surface area contributed by atoms with Gasteiger partial charge in [-0.15, -0.1) is 0 Å². The Kier molecular flexibility index (Phi) is 3.16. The van der Waals surface area contributed by atoms with Crippen molar-refractivity contribution in [3.63, 3.8) is 0 Å². The van der Waals surface area contributed by atoms with E-state index in [2.05, 4.69) is 57.9 Å². The Labute approximate surface area is 140 Å². The van der Waals surface area contributed by atoms with Crippen LogP contribution in [0.15, 0.2) is 55.0 Å². The number of rotatable bonds is 3. The van der Waals surface area contributed by atoms with Crippen molar-refractivity contribution in [1.29, 1.82) is 0 Å². The van der Waals surface area contributed by atoms with Crippen molar-refractivity contribution >= 4 is 16.6 Å². The predicted molar refractivity (Wildman–Crippen MR) is 96.0 cm³/mol. The Balaban J connectivity index is 1.42. The monoisotopic (exact) mass is 316 g/mol. The largest absolute Gasteiger partial charge is 0.357 e. The molecule has 1 atom stereocenters. The fourth-order valence-electron chi connectivity index (χ4n) is 3.92. The Morgan fingerprint density at radius 1 is 1.21 bits per heavy atom. The third-order valence-corrected chi connectivity index (χ3v) is 5.13. The van der Waals surface area contributed by atoms with Gasteiger partial charge in [-0.1, -0.05) is 18.2 Å². The summed E-state index contributed by atoms with van der Waals surface area (Å²) in [5.74, 6) is 0. The summed E-state index contributed by atoms with van der Waals surface area (Å²) in [5, 5.41) is 5.13. The lowest BCUT2D eigenvalue weighted by Gasteiger charge is -2.24. The van der Waals surface area contributed by atoms with E-state index in [1.807, 2.05) is 16.8 Å². The van der Waals surface area contributed by atoms with E-state index in [1.165, 1.54) is 47.0 Å². The highest BCUT2D eigenvalue weighted by molar-refractivity contribution is 5.85. The van der Waals surface area contributed by atoms with Crippen LogP contribution in [0.5, 0.6) is 0 Å². The molecule has 3 aromatic heterocycles. The zero-order valence-electron chi connectivity index (χ0n) is 13.5. The number of pyridine rings is 1. The highest BCUT2D eigenvalue weighted by Crippen LogP contribution is 2.34. The molecule has 0 saturated heterocycles. The van der Waals surface area contributed by atoms with Crippen molar-refractivity contribution in [2.45, 2.75) is 31.8 Å². The molecule has 120 valence electrons. The molecule has 0 saturated carbocycles. The summed E-state index contributed by atoms with van der Waals surface area (Å²) in [6.07, 6.45) is 9.50. The molecule has 2 N–H and O–H groups in total. The van der Waals surface area contributed by atoms with Crippen LogP contribution in [0.2, 0.25) is 0 Å². The van der Waals surface area contributed by atoms with Crippen molar-refractivity contribution in [2.75, 3.05) is 0 Å². The van der Waals surface area contributed by atoms with Crippen LogP contribution in [0, 0.1) is 0 Å². The average molecular weight is 316 g/mol. The van der Waals surface area contributed by atoms with Crippen LogP contribution in [-0.4, -0.2) is 14.4 Å². The second-order valence-corrected chi connectivity index (χ2v) is 6.62. The third-order valence-electron chi connectivity index (χ3n) is 5.13. The molecule has 5 rings (SSSR count). The van der Waals surface area contributed by atoms with Gasteiger partial charge in [-0.3, -0.25) is 0 Å². The Bertz CT molecular complexity index is 1010. The van der Waals surface area contributed by atoms with E-state index >= 15 is 0 Å². The minimum absolute atomic E-state index is 0.400. The van der Waals surface area contributed by atoms with E-state index in [-0.39, 0.29) is 0 Å². The average Bonchev–Trinajstić information content (AvgIpc) is 3.24. The first-order chi connectivity index (χ1) is 11.9. The number of aromatic amines is 1. The number of hydrogen-bond donors (Lipinski definition) is 2. The predicted octanol–water partition coefficient (Wildman–Crippen LogP) is 3.98. The molecular formula is C20H20N4. The molecule has 0 bridgehead atoms. The number of fused-ring (bicyclic) bond motifs is 4. The number of hydrogen-bond acceptors (Lipinski definition) is 2. The molecule has 1 aliphatic rings. The van der Waals surface area contributed by atoms with E-state index in [0.717, 1.165) is 12.2 Å². The van der Waals surface area contributed by atoms with Gasteiger partial charge >= 0.3 is 0 Å². The highest BCUT2D eigenvalue weighted by Gasteiger charge is 2.23. The zero-order valence-corrected chi connectivity index (χ0v) is 13.5. The Morgan fingerprint density at radius 3 is 3.17 bits per heavy atom. The van der Waals surface area contributed by atoms with Gasteiger partial charge in [0, 0.05) is 47.8 Å². The van der Waals surface area contributed by atoms with E-state index in [9.17, 15) is 0 Å². The van der Waals surface area contributed by atoms with Crippen LogP contribution in [0.3, 0.4) is 0 Å². The van der Waals surface area contributed by atoms with Gasteiger partial charge in [0.25, 0.3) is 0 Å². The molecule has 4 heteroatoms. The number of benzene rings is 1. The molecule has 3 heterocycles. The number of H-pyrrole nitrogens is 1. The van der Waals surface area contributed by atoms with Crippen LogP contribution in [0.1, 0.15) is 35.7 Å². The molecule has 24 heavy (non-hydrogen) atoms. The normalized spacial score (nSPS) is 17.4. The van der Waals surface area contributed by atoms with Crippen molar-refractivity contribution in [3.8, 4) is 0 Å². The molecule has 1 unspecified atom stereocenters. The maximum Gasteiger partial charge on any atom is 0.136 e. The first-order valence-corrected chi connectivity index (χ1v) is 8.63. The molecule has 0 spiro atoms. The fourth-order valence-corrected chi connectivity index (χ4v) is 3.92. The fraction of sp³-hybridized carbons (Fsp3) is 0.250. The van der Waals surface area contributed by atoms with E-state index in [1.54, 1.807) is 0 Å². The SMILES string of the molecule is c1ccc2c3c([nH]c2c1)C(NCc1ccn2ccnc2c1)CCC3. The van der Waals surface area contributed by atoms with Gasteiger partial charge in [-0.25, -0.2) is 4.98 Å². The van der Waals surface area contributed by atoms with Crippen molar-refractivity contribution in [1.82, 2.24) is 19.7 Å². The topological polar surface area (TPSA) is 45.1 Å². The van der Waals surface area contributed by atoms with Gasteiger partial charge in [0.1, 0.15) is 5.65 Å². The zero-order chi connectivity index (χ0) is 15.9.